The lowest BCUT2D eigenvalue weighted by Gasteiger charge is -2.15. The normalized spacial score (nSPS) is 12.0. The van der Waals surface area contributed by atoms with E-state index in [2.05, 4.69) is 14.8 Å². The molecular weight excluding hydrogens is 393 g/mol. The molecule has 3 N–H and O–H groups in total. The number of nitrogens with one attached hydrogen (secondary N) is 3. The van der Waals surface area contributed by atoms with Crippen LogP contribution in [0.5, 0.6) is 0 Å². The van der Waals surface area contributed by atoms with Crippen LogP contribution in [0, 0.1) is 5.82 Å². The minimum atomic E-state index is -4.17. The van der Waals surface area contributed by atoms with Crippen LogP contribution in [-0.4, -0.2) is 30.9 Å². The Kier molecular flexibility index (Phi) is 5.57. The molecule has 0 unspecified atom stereocenters. The van der Waals surface area contributed by atoms with Crippen molar-refractivity contribution in [1.29, 1.82) is 0 Å². The Balaban J connectivity index is 2.52. The first-order chi connectivity index (χ1) is 11.6. The van der Waals surface area contributed by atoms with Gasteiger partial charge in [0.25, 0.3) is 10.0 Å². The van der Waals surface area contributed by atoms with Crippen LogP contribution in [0.1, 0.15) is 0 Å². The summed E-state index contributed by atoms with van der Waals surface area (Å²) in [5.41, 5.74) is 0.344. The maximum absolute atomic E-state index is 13.1. The number of rotatable bonds is 6. The summed E-state index contributed by atoms with van der Waals surface area (Å²) in [5, 5.41) is 2.46. The molecule has 0 aromatic heterocycles. The van der Waals surface area contributed by atoms with Crippen LogP contribution in [0.15, 0.2) is 46.2 Å². The molecule has 0 bridgehead atoms. The van der Waals surface area contributed by atoms with Crippen LogP contribution in [0.2, 0.25) is 5.02 Å². The highest BCUT2D eigenvalue weighted by Crippen LogP contribution is 2.30. The van der Waals surface area contributed by atoms with Crippen LogP contribution >= 0.6 is 11.6 Å². The van der Waals surface area contributed by atoms with Gasteiger partial charge in [0.15, 0.2) is 0 Å². The first-order valence-electron chi connectivity index (χ1n) is 6.84. The lowest BCUT2D eigenvalue weighted by atomic mass is 10.3. The summed E-state index contributed by atoms with van der Waals surface area (Å²) >= 11 is 5.80. The topological polar surface area (TPSA) is 104 Å². The summed E-state index contributed by atoms with van der Waals surface area (Å²) in [6, 6.07) is 6.74. The van der Waals surface area contributed by atoms with E-state index in [0.29, 0.717) is 5.69 Å². The molecule has 0 saturated heterocycles. The summed E-state index contributed by atoms with van der Waals surface area (Å²) in [7, 11) is -5.15. The van der Waals surface area contributed by atoms with Crippen molar-refractivity contribution in [2.45, 2.75) is 9.79 Å². The van der Waals surface area contributed by atoms with E-state index in [-0.39, 0.29) is 20.5 Å². The molecule has 2 aromatic carbocycles. The Morgan fingerprint density at radius 2 is 1.60 bits per heavy atom. The van der Waals surface area contributed by atoms with E-state index in [9.17, 15) is 21.2 Å². The molecule has 0 aliphatic heterocycles. The van der Waals surface area contributed by atoms with Gasteiger partial charge in [-0.1, -0.05) is 11.6 Å². The van der Waals surface area contributed by atoms with Crippen molar-refractivity contribution in [3.05, 3.63) is 47.2 Å². The van der Waals surface area contributed by atoms with Crippen molar-refractivity contribution >= 4 is 43.0 Å². The Morgan fingerprint density at radius 1 is 0.920 bits per heavy atom. The number of hydrogen-bond acceptors (Lipinski definition) is 5. The van der Waals surface area contributed by atoms with Gasteiger partial charge in [0, 0.05) is 7.05 Å². The van der Waals surface area contributed by atoms with E-state index in [1.54, 1.807) is 7.05 Å². The predicted molar refractivity (Wildman–Crippen MR) is 94.5 cm³/mol. The van der Waals surface area contributed by atoms with E-state index in [0.717, 1.165) is 24.3 Å². The van der Waals surface area contributed by atoms with Gasteiger partial charge in [-0.05, 0) is 43.4 Å². The quantitative estimate of drug-likeness (QED) is 0.681. The lowest BCUT2D eigenvalue weighted by Crippen LogP contribution is -2.20. The Morgan fingerprint density at radius 3 is 2.16 bits per heavy atom. The second-order valence-electron chi connectivity index (χ2n) is 4.85. The SMILES string of the molecule is CNc1ccc(S(=O)(=O)NC)cc1NS(=O)(=O)c1ccc(F)cc1Cl. The molecule has 0 radical (unpaired) electrons. The molecule has 25 heavy (non-hydrogen) atoms. The smallest absolute Gasteiger partial charge is 0.263 e. The van der Waals surface area contributed by atoms with Gasteiger partial charge in [0.1, 0.15) is 10.7 Å². The van der Waals surface area contributed by atoms with Crippen molar-refractivity contribution in [2.24, 2.45) is 0 Å². The summed E-state index contributed by atoms with van der Waals surface area (Å²) in [6.45, 7) is 0. The molecule has 0 fully saturated rings. The number of hydrogen-bond donors (Lipinski definition) is 3. The first kappa shape index (κ1) is 19.4. The minimum absolute atomic E-state index is 0.000725. The van der Waals surface area contributed by atoms with Gasteiger partial charge < -0.3 is 5.32 Å². The molecule has 2 aromatic rings. The second kappa shape index (κ2) is 7.16. The Labute approximate surface area is 150 Å². The fraction of sp³-hybridized carbons (Fsp3) is 0.143. The van der Waals surface area contributed by atoms with E-state index >= 15 is 0 Å². The zero-order valence-corrected chi connectivity index (χ0v) is 15.6. The molecule has 2 rings (SSSR count). The summed E-state index contributed by atoms with van der Waals surface area (Å²) in [4.78, 5) is -0.462. The number of anilines is 2. The van der Waals surface area contributed by atoms with Crippen molar-refractivity contribution in [3.8, 4) is 0 Å². The minimum Gasteiger partial charge on any atom is -0.386 e. The number of sulfonamides is 2. The molecular formula is C14H15ClFN3O4S2. The monoisotopic (exact) mass is 407 g/mol. The predicted octanol–water partition coefficient (Wildman–Crippen LogP) is 2.23. The van der Waals surface area contributed by atoms with E-state index < -0.39 is 25.9 Å². The zero-order valence-electron chi connectivity index (χ0n) is 13.2. The molecule has 0 atom stereocenters. The van der Waals surface area contributed by atoms with Gasteiger partial charge in [-0.2, -0.15) is 0 Å². The summed E-state index contributed by atoms with van der Waals surface area (Å²) in [6.07, 6.45) is 0. The molecule has 0 aliphatic carbocycles. The Hall–Kier alpha value is -1.88. The van der Waals surface area contributed by atoms with E-state index in [4.69, 9.17) is 11.6 Å². The molecule has 0 aliphatic rings. The van der Waals surface area contributed by atoms with Crippen LogP contribution < -0.4 is 14.8 Å². The van der Waals surface area contributed by atoms with Crippen LogP contribution in [0.4, 0.5) is 15.8 Å². The van der Waals surface area contributed by atoms with Gasteiger partial charge in [0.05, 0.1) is 21.3 Å². The van der Waals surface area contributed by atoms with Gasteiger partial charge in [-0.15, -0.1) is 0 Å². The van der Waals surface area contributed by atoms with Crippen molar-refractivity contribution in [1.82, 2.24) is 4.72 Å². The second-order valence-corrected chi connectivity index (χ2v) is 8.79. The maximum atomic E-state index is 13.1. The molecule has 0 heterocycles. The highest BCUT2D eigenvalue weighted by molar-refractivity contribution is 7.93. The van der Waals surface area contributed by atoms with Gasteiger partial charge in [-0.25, -0.2) is 25.9 Å². The maximum Gasteiger partial charge on any atom is 0.263 e. The fourth-order valence-electron chi connectivity index (χ4n) is 2.00. The van der Waals surface area contributed by atoms with Gasteiger partial charge in [0.2, 0.25) is 10.0 Å². The number of halogens is 2. The van der Waals surface area contributed by atoms with Gasteiger partial charge >= 0.3 is 0 Å². The van der Waals surface area contributed by atoms with Crippen LogP contribution in [-0.2, 0) is 20.0 Å². The zero-order chi connectivity index (χ0) is 18.8. The highest BCUT2D eigenvalue weighted by atomic mass is 35.5. The molecule has 136 valence electrons. The fourth-order valence-corrected chi connectivity index (χ4v) is 4.36. The largest absolute Gasteiger partial charge is 0.386 e. The third-order valence-electron chi connectivity index (χ3n) is 3.27. The average molecular weight is 408 g/mol. The average Bonchev–Trinajstić information content (AvgIpc) is 2.54. The van der Waals surface area contributed by atoms with E-state index in [1.807, 2.05) is 0 Å². The molecule has 0 spiro atoms. The van der Waals surface area contributed by atoms with Gasteiger partial charge in [-0.3, -0.25) is 4.72 Å². The third kappa shape index (κ3) is 4.21. The van der Waals surface area contributed by atoms with Crippen molar-refractivity contribution < 1.29 is 21.2 Å². The lowest BCUT2D eigenvalue weighted by molar-refractivity contribution is 0.587. The molecule has 11 heteroatoms. The molecule has 7 nitrogen and oxygen atoms in total. The summed E-state index contributed by atoms with van der Waals surface area (Å²) in [5.74, 6) is -0.679. The number of benzene rings is 2. The van der Waals surface area contributed by atoms with Crippen molar-refractivity contribution in [2.75, 3.05) is 24.1 Å². The van der Waals surface area contributed by atoms with E-state index in [1.165, 1.54) is 19.2 Å². The van der Waals surface area contributed by atoms with Crippen LogP contribution in [0.3, 0.4) is 0 Å². The standard InChI is InChI=1S/C14H15ClFN3O4S2/c1-17-12-5-4-10(24(20,21)18-2)8-13(12)19-25(22,23)14-6-3-9(16)7-11(14)15/h3-8,17-19H,1-2H3. The first-order valence-corrected chi connectivity index (χ1v) is 10.2. The summed E-state index contributed by atoms with van der Waals surface area (Å²) < 4.78 is 66.4. The Bertz CT molecular complexity index is 1010. The molecule has 0 amide bonds. The molecule has 0 saturated carbocycles. The highest BCUT2D eigenvalue weighted by Gasteiger charge is 2.21. The van der Waals surface area contributed by atoms with Crippen molar-refractivity contribution in [3.63, 3.8) is 0 Å². The third-order valence-corrected chi connectivity index (χ3v) is 6.53. The van der Waals surface area contributed by atoms with Crippen LogP contribution in [0.25, 0.3) is 0 Å².